The van der Waals surface area contributed by atoms with Gasteiger partial charge in [-0.3, -0.25) is 20.4 Å². The smallest absolute Gasteiger partial charge is 0.275 e. The minimum absolute atomic E-state index is 0.283. The molecule has 2 N–H and O–H groups in total. The number of halogens is 1. The Morgan fingerprint density at radius 1 is 1.24 bits per heavy atom. The van der Waals surface area contributed by atoms with Crippen molar-refractivity contribution in [1.29, 1.82) is 0 Å². The maximum atomic E-state index is 12.3. The van der Waals surface area contributed by atoms with Gasteiger partial charge in [-0.25, -0.2) is 0 Å². The first-order valence-electron chi connectivity index (χ1n) is 7.42. The summed E-state index contributed by atoms with van der Waals surface area (Å²) in [6, 6.07) is 3.10. The van der Waals surface area contributed by atoms with Crippen LogP contribution in [-0.4, -0.2) is 30.7 Å². The highest BCUT2D eigenvalue weighted by Gasteiger charge is 2.19. The van der Waals surface area contributed by atoms with Gasteiger partial charge in [0.2, 0.25) is 0 Å². The number of nitrogens with one attached hydrogen (secondary N) is 2. The topological polar surface area (TPSA) is 103 Å². The SMILES string of the molecule is CCOc1c(Br)cc(C(=O)NNC(=O)c2c(C)noc2C)cc1OC. The third-order valence-corrected chi connectivity index (χ3v) is 3.92. The van der Waals surface area contributed by atoms with Gasteiger partial charge in [-0.2, -0.15) is 0 Å². The number of rotatable bonds is 5. The van der Waals surface area contributed by atoms with E-state index < -0.39 is 11.8 Å². The monoisotopic (exact) mass is 411 g/mol. The molecule has 0 bridgehead atoms. The molecule has 2 aromatic rings. The Bertz CT molecular complexity index is 784. The Morgan fingerprint density at radius 2 is 1.92 bits per heavy atom. The fourth-order valence-corrected chi connectivity index (χ4v) is 2.75. The van der Waals surface area contributed by atoms with E-state index in [4.69, 9.17) is 14.0 Å². The fourth-order valence-electron chi connectivity index (χ4n) is 2.19. The summed E-state index contributed by atoms with van der Waals surface area (Å²) in [5, 5.41) is 3.70. The molecule has 9 heteroatoms. The number of benzene rings is 1. The first-order chi connectivity index (χ1) is 11.9. The summed E-state index contributed by atoms with van der Waals surface area (Å²) in [6.45, 7) is 5.55. The molecule has 0 saturated carbocycles. The molecule has 1 heterocycles. The Labute approximate surface area is 152 Å². The van der Waals surface area contributed by atoms with Crippen LogP contribution in [0.15, 0.2) is 21.1 Å². The zero-order valence-corrected chi connectivity index (χ0v) is 15.8. The normalized spacial score (nSPS) is 10.3. The first kappa shape index (κ1) is 18.8. The largest absolute Gasteiger partial charge is 0.493 e. The van der Waals surface area contributed by atoms with Crippen LogP contribution in [0.4, 0.5) is 0 Å². The zero-order chi connectivity index (χ0) is 18.6. The van der Waals surface area contributed by atoms with Crippen LogP contribution in [-0.2, 0) is 0 Å². The van der Waals surface area contributed by atoms with Gasteiger partial charge >= 0.3 is 0 Å². The molecule has 134 valence electrons. The van der Waals surface area contributed by atoms with Crippen LogP contribution >= 0.6 is 15.9 Å². The van der Waals surface area contributed by atoms with E-state index in [2.05, 4.69) is 31.9 Å². The van der Waals surface area contributed by atoms with E-state index in [1.54, 1.807) is 19.9 Å². The molecule has 0 spiro atoms. The van der Waals surface area contributed by atoms with Gasteiger partial charge in [-0.1, -0.05) is 5.16 Å². The van der Waals surface area contributed by atoms with Gasteiger partial charge in [-0.15, -0.1) is 0 Å². The van der Waals surface area contributed by atoms with E-state index in [-0.39, 0.29) is 11.1 Å². The number of amides is 2. The summed E-state index contributed by atoms with van der Waals surface area (Å²) < 4.78 is 16.2. The molecule has 1 aromatic carbocycles. The number of hydrogen-bond acceptors (Lipinski definition) is 6. The summed E-state index contributed by atoms with van der Waals surface area (Å²) in [5.74, 6) is 0.248. The van der Waals surface area contributed by atoms with E-state index in [9.17, 15) is 9.59 Å². The molecular weight excluding hydrogens is 394 g/mol. The number of hydrazine groups is 1. The number of aryl methyl sites for hydroxylation is 2. The second-order valence-corrected chi connectivity index (χ2v) is 5.88. The lowest BCUT2D eigenvalue weighted by molar-refractivity contribution is 0.0845. The number of hydrogen-bond donors (Lipinski definition) is 2. The Kier molecular flexibility index (Phi) is 6.02. The van der Waals surface area contributed by atoms with E-state index in [1.165, 1.54) is 13.2 Å². The lowest BCUT2D eigenvalue weighted by Gasteiger charge is -2.13. The lowest BCUT2D eigenvalue weighted by atomic mass is 10.2. The van der Waals surface area contributed by atoms with Crippen molar-refractivity contribution in [3.63, 3.8) is 0 Å². The molecule has 8 nitrogen and oxygen atoms in total. The lowest BCUT2D eigenvalue weighted by Crippen LogP contribution is -2.42. The van der Waals surface area contributed by atoms with Crippen molar-refractivity contribution in [2.75, 3.05) is 13.7 Å². The quantitative estimate of drug-likeness (QED) is 0.732. The number of nitrogens with zero attached hydrogens (tertiary/aromatic N) is 1. The van der Waals surface area contributed by atoms with Gasteiger partial charge in [0.1, 0.15) is 11.3 Å². The molecule has 0 saturated heterocycles. The highest BCUT2D eigenvalue weighted by molar-refractivity contribution is 9.10. The molecule has 2 amide bonds. The van der Waals surface area contributed by atoms with E-state index in [0.29, 0.717) is 34.0 Å². The zero-order valence-electron chi connectivity index (χ0n) is 14.2. The number of ether oxygens (including phenoxy) is 2. The summed E-state index contributed by atoms with van der Waals surface area (Å²) >= 11 is 3.35. The second-order valence-electron chi connectivity index (χ2n) is 5.03. The van der Waals surface area contributed by atoms with Gasteiger partial charge in [0.25, 0.3) is 11.8 Å². The molecule has 25 heavy (non-hydrogen) atoms. The van der Waals surface area contributed by atoms with Crippen molar-refractivity contribution in [3.05, 3.63) is 39.2 Å². The van der Waals surface area contributed by atoms with Gasteiger partial charge in [0, 0.05) is 5.56 Å². The third-order valence-electron chi connectivity index (χ3n) is 3.33. The second kappa shape index (κ2) is 8.02. The maximum absolute atomic E-state index is 12.3. The van der Waals surface area contributed by atoms with Crippen LogP contribution in [0.1, 0.15) is 39.1 Å². The molecule has 0 fully saturated rings. The van der Waals surface area contributed by atoms with Crippen LogP contribution in [0, 0.1) is 13.8 Å². The number of aromatic nitrogens is 1. The van der Waals surface area contributed by atoms with Crippen LogP contribution < -0.4 is 20.3 Å². The predicted molar refractivity (Wildman–Crippen MR) is 92.8 cm³/mol. The van der Waals surface area contributed by atoms with Crippen LogP contribution in [0.25, 0.3) is 0 Å². The minimum atomic E-state index is -0.512. The summed E-state index contributed by atoms with van der Waals surface area (Å²) in [7, 11) is 1.48. The summed E-state index contributed by atoms with van der Waals surface area (Å²) in [4.78, 5) is 24.4. The van der Waals surface area contributed by atoms with Crippen molar-refractivity contribution in [2.45, 2.75) is 20.8 Å². The van der Waals surface area contributed by atoms with Crippen LogP contribution in [0.2, 0.25) is 0 Å². The standard InChI is InChI=1S/C16H18BrN3O5/c1-5-24-14-11(17)6-10(7-12(14)23-4)15(21)18-19-16(22)13-8(2)20-25-9(13)3/h6-7H,5H2,1-4H3,(H,18,21)(H,19,22). The number of methoxy groups -OCH3 is 1. The Hall–Kier alpha value is -2.55. The Morgan fingerprint density at radius 3 is 2.48 bits per heavy atom. The van der Waals surface area contributed by atoms with Crippen molar-refractivity contribution >= 4 is 27.7 Å². The van der Waals surface area contributed by atoms with E-state index in [0.717, 1.165) is 0 Å². The molecule has 0 aliphatic rings. The molecule has 0 unspecified atom stereocenters. The Balaban J connectivity index is 2.13. The average molecular weight is 412 g/mol. The van der Waals surface area contributed by atoms with E-state index in [1.807, 2.05) is 6.92 Å². The molecule has 1 aromatic heterocycles. The van der Waals surface area contributed by atoms with Crippen LogP contribution in [0.5, 0.6) is 11.5 Å². The maximum Gasteiger partial charge on any atom is 0.275 e. The van der Waals surface area contributed by atoms with Gasteiger partial charge in [0.15, 0.2) is 11.5 Å². The van der Waals surface area contributed by atoms with Crippen molar-refractivity contribution in [3.8, 4) is 11.5 Å². The molecule has 0 aliphatic carbocycles. The van der Waals surface area contributed by atoms with E-state index >= 15 is 0 Å². The summed E-state index contributed by atoms with van der Waals surface area (Å²) in [5.41, 5.74) is 5.69. The number of carbonyl (C=O) groups excluding carboxylic acids is 2. The molecular formula is C16H18BrN3O5. The molecule has 0 atom stereocenters. The number of carbonyl (C=O) groups is 2. The van der Waals surface area contributed by atoms with Gasteiger partial charge in [-0.05, 0) is 48.8 Å². The summed E-state index contributed by atoms with van der Waals surface area (Å²) in [6.07, 6.45) is 0. The first-order valence-corrected chi connectivity index (χ1v) is 8.22. The third kappa shape index (κ3) is 4.11. The fraction of sp³-hybridized carbons (Fsp3) is 0.312. The van der Waals surface area contributed by atoms with Crippen molar-refractivity contribution in [2.24, 2.45) is 0 Å². The highest BCUT2D eigenvalue weighted by Crippen LogP contribution is 2.36. The molecule has 2 rings (SSSR count). The highest BCUT2D eigenvalue weighted by atomic mass is 79.9. The predicted octanol–water partition coefficient (Wildman–Crippen LogP) is 2.54. The van der Waals surface area contributed by atoms with Crippen LogP contribution in [0.3, 0.4) is 0 Å². The van der Waals surface area contributed by atoms with Crippen molar-refractivity contribution in [1.82, 2.24) is 16.0 Å². The minimum Gasteiger partial charge on any atom is -0.493 e. The van der Waals surface area contributed by atoms with Gasteiger partial charge < -0.3 is 14.0 Å². The molecule has 0 aliphatic heterocycles. The van der Waals surface area contributed by atoms with Crippen molar-refractivity contribution < 1.29 is 23.6 Å². The average Bonchev–Trinajstić information content (AvgIpc) is 2.92. The molecule has 0 radical (unpaired) electrons. The van der Waals surface area contributed by atoms with Gasteiger partial charge in [0.05, 0.1) is 23.9 Å².